The van der Waals surface area contributed by atoms with Crippen molar-refractivity contribution in [1.82, 2.24) is 10.6 Å². The molecule has 116 valence electrons. The van der Waals surface area contributed by atoms with E-state index in [2.05, 4.69) is 38.3 Å². The lowest BCUT2D eigenvalue weighted by atomic mass is 10.0. The van der Waals surface area contributed by atoms with Gasteiger partial charge in [0.05, 0.1) is 0 Å². The molecule has 2 rings (SSSR count). The van der Waals surface area contributed by atoms with Gasteiger partial charge >= 0.3 is 0 Å². The van der Waals surface area contributed by atoms with Crippen LogP contribution in [0.4, 0.5) is 0 Å². The molecule has 0 bridgehead atoms. The predicted molar refractivity (Wildman–Crippen MR) is 83.6 cm³/mol. The molecule has 3 nitrogen and oxygen atoms in total. The molecule has 0 heterocycles. The molecule has 0 saturated heterocycles. The molecule has 0 aromatic carbocycles. The monoisotopic (exact) mass is 280 g/mol. The van der Waals surface area contributed by atoms with Crippen LogP contribution in [0.5, 0.6) is 0 Å². The molecule has 0 spiro atoms. The first-order valence-electron chi connectivity index (χ1n) is 8.38. The Bertz CT molecular complexity index is 327. The van der Waals surface area contributed by atoms with E-state index in [9.17, 15) is 4.79 Å². The Morgan fingerprint density at radius 3 is 2.00 bits per heavy atom. The van der Waals surface area contributed by atoms with Gasteiger partial charge in [0.1, 0.15) is 0 Å². The lowest BCUT2D eigenvalue weighted by Crippen LogP contribution is -2.38. The van der Waals surface area contributed by atoms with Gasteiger partial charge in [0.25, 0.3) is 0 Å². The molecule has 1 amide bonds. The fraction of sp³-hybridized carbons (Fsp3) is 0.941. The van der Waals surface area contributed by atoms with Crippen molar-refractivity contribution in [1.29, 1.82) is 0 Å². The standard InChI is InChI=1S/C17H32N2O/c1-16(2)14(17(16,3)4)15(20)19-12-11-18-13-9-7-5-6-8-10-13/h13-14,18H,5-12H2,1-4H3,(H,19,20). The Labute approximate surface area is 124 Å². The summed E-state index contributed by atoms with van der Waals surface area (Å²) in [6, 6.07) is 0.670. The first kappa shape index (κ1) is 15.8. The van der Waals surface area contributed by atoms with Crippen molar-refractivity contribution < 1.29 is 4.79 Å². The van der Waals surface area contributed by atoms with Gasteiger partial charge in [-0.1, -0.05) is 53.4 Å². The third-order valence-corrected chi connectivity index (χ3v) is 6.00. The van der Waals surface area contributed by atoms with Crippen molar-refractivity contribution in [3.63, 3.8) is 0 Å². The molecule has 2 N–H and O–H groups in total. The van der Waals surface area contributed by atoms with E-state index in [0.29, 0.717) is 6.04 Å². The zero-order chi connectivity index (χ0) is 14.8. The number of hydrogen-bond acceptors (Lipinski definition) is 2. The van der Waals surface area contributed by atoms with Crippen LogP contribution in [0.1, 0.15) is 66.2 Å². The summed E-state index contributed by atoms with van der Waals surface area (Å²) in [5.74, 6) is 0.413. The fourth-order valence-electron chi connectivity index (χ4n) is 3.90. The minimum absolute atomic E-state index is 0.145. The molecule has 0 aromatic heterocycles. The normalized spacial score (nSPS) is 26.0. The first-order valence-corrected chi connectivity index (χ1v) is 8.38. The summed E-state index contributed by atoms with van der Waals surface area (Å²) in [6.45, 7) is 10.5. The van der Waals surface area contributed by atoms with Crippen LogP contribution in [-0.2, 0) is 4.79 Å². The topological polar surface area (TPSA) is 41.1 Å². The molecule has 0 aromatic rings. The summed E-state index contributed by atoms with van der Waals surface area (Å²) < 4.78 is 0. The third-order valence-electron chi connectivity index (χ3n) is 6.00. The van der Waals surface area contributed by atoms with E-state index in [0.717, 1.165) is 13.1 Å². The maximum atomic E-state index is 12.2. The summed E-state index contributed by atoms with van der Waals surface area (Å²) in [4.78, 5) is 12.2. The lowest BCUT2D eigenvalue weighted by Gasteiger charge is -2.16. The van der Waals surface area contributed by atoms with Gasteiger partial charge in [-0.15, -0.1) is 0 Å². The molecular weight excluding hydrogens is 248 g/mol. The van der Waals surface area contributed by atoms with Gasteiger partial charge in [-0.25, -0.2) is 0 Å². The molecule has 2 aliphatic carbocycles. The largest absolute Gasteiger partial charge is 0.355 e. The minimum Gasteiger partial charge on any atom is -0.355 e. The second kappa shape index (κ2) is 6.05. The molecule has 2 saturated carbocycles. The molecule has 0 atom stereocenters. The van der Waals surface area contributed by atoms with Crippen LogP contribution in [0.25, 0.3) is 0 Å². The molecular formula is C17H32N2O. The van der Waals surface area contributed by atoms with Gasteiger partial charge in [0, 0.05) is 25.0 Å². The van der Waals surface area contributed by atoms with Crippen LogP contribution >= 0.6 is 0 Å². The van der Waals surface area contributed by atoms with E-state index in [1.165, 1.54) is 38.5 Å². The Kier molecular flexibility index (Phi) is 4.78. The summed E-state index contributed by atoms with van der Waals surface area (Å²) in [5, 5.41) is 6.71. The van der Waals surface area contributed by atoms with Crippen LogP contribution in [0.2, 0.25) is 0 Å². The van der Waals surface area contributed by atoms with Gasteiger partial charge < -0.3 is 10.6 Å². The maximum absolute atomic E-state index is 12.2. The Morgan fingerprint density at radius 2 is 1.50 bits per heavy atom. The zero-order valence-electron chi connectivity index (χ0n) is 13.7. The average molecular weight is 280 g/mol. The molecule has 2 aliphatic rings. The highest BCUT2D eigenvalue weighted by Crippen LogP contribution is 2.68. The first-order chi connectivity index (χ1) is 9.37. The van der Waals surface area contributed by atoms with Crippen molar-refractivity contribution in [3.05, 3.63) is 0 Å². The van der Waals surface area contributed by atoms with E-state index in [4.69, 9.17) is 0 Å². The van der Waals surface area contributed by atoms with Gasteiger partial charge in [-0.2, -0.15) is 0 Å². The van der Waals surface area contributed by atoms with Gasteiger partial charge in [-0.3, -0.25) is 4.79 Å². The highest BCUT2D eigenvalue weighted by atomic mass is 16.2. The van der Waals surface area contributed by atoms with Crippen molar-refractivity contribution in [2.45, 2.75) is 72.3 Å². The van der Waals surface area contributed by atoms with Crippen LogP contribution in [0.15, 0.2) is 0 Å². The van der Waals surface area contributed by atoms with E-state index in [-0.39, 0.29) is 22.7 Å². The Morgan fingerprint density at radius 1 is 0.950 bits per heavy atom. The smallest absolute Gasteiger partial charge is 0.224 e. The van der Waals surface area contributed by atoms with E-state index >= 15 is 0 Å². The average Bonchev–Trinajstić information content (AvgIpc) is 2.91. The minimum atomic E-state index is 0.145. The summed E-state index contributed by atoms with van der Waals surface area (Å²) in [7, 11) is 0. The summed E-state index contributed by atoms with van der Waals surface area (Å²) >= 11 is 0. The number of nitrogens with one attached hydrogen (secondary N) is 2. The molecule has 3 heteroatoms. The summed E-state index contributed by atoms with van der Waals surface area (Å²) in [5.41, 5.74) is 0.289. The summed E-state index contributed by atoms with van der Waals surface area (Å²) in [6.07, 6.45) is 8.09. The predicted octanol–water partition coefficient (Wildman–Crippen LogP) is 3.10. The quantitative estimate of drug-likeness (QED) is 0.600. The van der Waals surface area contributed by atoms with E-state index in [1.54, 1.807) is 0 Å². The second-order valence-electron chi connectivity index (χ2n) is 7.81. The highest BCUT2D eigenvalue weighted by molar-refractivity contribution is 5.84. The number of hydrogen-bond donors (Lipinski definition) is 2. The van der Waals surface area contributed by atoms with Crippen molar-refractivity contribution in [3.8, 4) is 0 Å². The van der Waals surface area contributed by atoms with E-state index < -0.39 is 0 Å². The van der Waals surface area contributed by atoms with E-state index in [1.807, 2.05) is 0 Å². The van der Waals surface area contributed by atoms with Gasteiger partial charge in [0.15, 0.2) is 0 Å². The molecule has 20 heavy (non-hydrogen) atoms. The molecule has 2 fully saturated rings. The van der Waals surface area contributed by atoms with Crippen LogP contribution in [0, 0.1) is 16.7 Å². The number of carbonyl (C=O) groups is 1. The molecule has 0 aliphatic heterocycles. The maximum Gasteiger partial charge on any atom is 0.224 e. The third kappa shape index (κ3) is 3.19. The van der Waals surface area contributed by atoms with Crippen LogP contribution in [0.3, 0.4) is 0 Å². The van der Waals surface area contributed by atoms with Crippen LogP contribution < -0.4 is 10.6 Å². The van der Waals surface area contributed by atoms with Crippen LogP contribution in [-0.4, -0.2) is 25.0 Å². The lowest BCUT2D eigenvalue weighted by molar-refractivity contribution is -0.123. The number of carbonyl (C=O) groups excluding carboxylic acids is 1. The van der Waals surface area contributed by atoms with Crippen molar-refractivity contribution >= 4 is 5.91 Å². The second-order valence-corrected chi connectivity index (χ2v) is 7.81. The van der Waals surface area contributed by atoms with Gasteiger partial charge in [-0.05, 0) is 23.7 Å². The fourth-order valence-corrected chi connectivity index (χ4v) is 3.90. The molecule has 0 radical (unpaired) electrons. The number of rotatable bonds is 5. The zero-order valence-corrected chi connectivity index (χ0v) is 13.7. The molecule has 0 unspecified atom stereocenters. The SMILES string of the molecule is CC1(C)C(C(=O)NCCNC2CCCCCC2)C1(C)C. The Hall–Kier alpha value is -0.570. The highest BCUT2D eigenvalue weighted by Gasteiger charge is 2.68. The Balaban J connectivity index is 1.63. The van der Waals surface area contributed by atoms with Crippen molar-refractivity contribution in [2.75, 3.05) is 13.1 Å². The number of amides is 1. The van der Waals surface area contributed by atoms with Crippen molar-refractivity contribution in [2.24, 2.45) is 16.7 Å². The van der Waals surface area contributed by atoms with Gasteiger partial charge in [0.2, 0.25) is 5.91 Å².